The maximum absolute atomic E-state index is 13.7. The topological polar surface area (TPSA) is 82.2 Å². The summed E-state index contributed by atoms with van der Waals surface area (Å²) in [4.78, 5) is 17.2. The predicted molar refractivity (Wildman–Crippen MR) is 113 cm³/mol. The zero-order valence-electron chi connectivity index (χ0n) is 16.6. The molecule has 32 heavy (non-hydrogen) atoms. The normalized spacial score (nSPS) is 15.3. The zero-order chi connectivity index (χ0) is 22.9. The fourth-order valence-corrected chi connectivity index (χ4v) is 3.65. The molecule has 4 rings (SSSR count). The highest BCUT2D eigenvalue weighted by molar-refractivity contribution is 6.30. The van der Waals surface area contributed by atoms with Crippen LogP contribution in [0.3, 0.4) is 0 Å². The van der Waals surface area contributed by atoms with Crippen molar-refractivity contribution in [2.45, 2.75) is 37.9 Å². The van der Waals surface area contributed by atoms with Crippen molar-refractivity contribution in [3.05, 3.63) is 58.4 Å². The minimum Gasteiger partial charge on any atom is -0.309 e. The number of anilines is 1. The lowest BCUT2D eigenvalue weighted by atomic mass is 10.1. The van der Waals surface area contributed by atoms with Crippen LogP contribution in [0.1, 0.15) is 41.6 Å². The number of carbonyl (C=O) groups excluding carboxylic acids is 1. The number of benzene rings is 2. The van der Waals surface area contributed by atoms with Gasteiger partial charge in [-0.1, -0.05) is 24.4 Å². The van der Waals surface area contributed by atoms with E-state index in [0.717, 1.165) is 43.9 Å². The van der Waals surface area contributed by atoms with Gasteiger partial charge in [0, 0.05) is 10.9 Å². The Balaban J connectivity index is 1.61. The van der Waals surface area contributed by atoms with Crippen LogP contribution in [0.2, 0.25) is 5.02 Å². The number of amides is 1. The first-order valence-corrected chi connectivity index (χ1v) is 10.2. The number of hydrogen-bond donors (Lipinski definition) is 3. The molecule has 1 aliphatic rings. The highest BCUT2D eigenvalue weighted by Crippen LogP contribution is 2.32. The summed E-state index contributed by atoms with van der Waals surface area (Å²) in [7, 11) is 0. The number of fused-ring (bicyclic) bond motifs is 1. The second-order valence-electron chi connectivity index (χ2n) is 7.45. The molecule has 3 N–H and O–H groups in total. The quantitative estimate of drug-likeness (QED) is 0.270. The van der Waals surface area contributed by atoms with E-state index in [4.69, 9.17) is 11.6 Å². The second kappa shape index (κ2) is 8.78. The van der Waals surface area contributed by atoms with Crippen LogP contribution in [0, 0.1) is 5.82 Å². The average Bonchev–Trinajstić information content (AvgIpc) is 3.39. The van der Waals surface area contributed by atoms with Crippen molar-refractivity contribution in [1.29, 1.82) is 0 Å². The highest BCUT2D eigenvalue weighted by atomic mass is 35.5. The number of hydrogen-bond acceptors (Lipinski definition) is 3. The van der Waals surface area contributed by atoms with Crippen LogP contribution >= 0.6 is 11.6 Å². The molecule has 1 amide bonds. The number of alkyl halides is 3. The summed E-state index contributed by atoms with van der Waals surface area (Å²) in [5, 5.41) is 12.4. The monoisotopic (exact) mass is 467 g/mol. The van der Waals surface area contributed by atoms with Gasteiger partial charge in [0.05, 0.1) is 22.1 Å². The molecule has 0 bridgehead atoms. The largest absolute Gasteiger partial charge is 0.416 e. The highest BCUT2D eigenvalue weighted by Gasteiger charge is 2.31. The number of aromatic amines is 1. The van der Waals surface area contributed by atoms with Gasteiger partial charge >= 0.3 is 6.18 Å². The molecule has 3 aromatic rings. The molecule has 168 valence electrons. The summed E-state index contributed by atoms with van der Waals surface area (Å²) in [6, 6.07) is 6.81. The molecule has 0 radical (unpaired) electrons. The number of nitrogens with zero attached hydrogens (tertiary/aromatic N) is 2. The van der Waals surface area contributed by atoms with E-state index in [0.29, 0.717) is 5.39 Å². The van der Waals surface area contributed by atoms with Gasteiger partial charge in [-0.2, -0.15) is 18.3 Å². The molecule has 0 unspecified atom stereocenters. The Bertz CT molecular complexity index is 1180. The lowest BCUT2D eigenvalue weighted by Gasteiger charge is -2.13. The van der Waals surface area contributed by atoms with Crippen molar-refractivity contribution in [3.63, 3.8) is 0 Å². The lowest BCUT2D eigenvalue weighted by Crippen LogP contribution is -2.37. The zero-order valence-corrected chi connectivity index (χ0v) is 17.3. The summed E-state index contributed by atoms with van der Waals surface area (Å²) in [5.41, 5.74) is -0.596. The van der Waals surface area contributed by atoms with Gasteiger partial charge in [0.1, 0.15) is 5.82 Å². The second-order valence-corrected chi connectivity index (χ2v) is 7.86. The number of H-pyrrole nitrogens is 1. The van der Waals surface area contributed by atoms with E-state index in [2.05, 4.69) is 25.8 Å². The van der Waals surface area contributed by atoms with E-state index in [-0.39, 0.29) is 33.9 Å². The molecule has 0 saturated heterocycles. The molecular formula is C21H18ClF4N5O. The van der Waals surface area contributed by atoms with Crippen LogP contribution in [-0.4, -0.2) is 28.1 Å². The number of halogens is 5. The van der Waals surface area contributed by atoms with Crippen LogP contribution < -0.4 is 10.6 Å². The van der Waals surface area contributed by atoms with Crippen molar-refractivity contribution in [3.8, 4) is 0 Å². The first-order valence-electron chi connectivity index (χ1n) is 9.87. The first kappa shape index (κ1) is 22.1. The third-order valence-electron chi connectivity index (χ3n) is 5.18. The third-order valence-corrected chi connectivity index (χ3v) is 5.48. The number of nitrogens with one attached hydrogen (secondary N) is 3. The van der Waals surface area contributed by atoms with Crippen LogP contribution in [0.15, 0.2) is 41.4 Å². The maximum Gasteiger partial charge on any atom is 0.416 e. The number of rotatable bonds is 3. The summed E-state index contributed by atoms with van der Waals surface area (Å²) in [6.07, 6.45) is -0.795. The van der Waals surface area contributed by atoms with Gasteiger partial charge in [0.15, 0.2) is 5.82 Å². The molecule has 2 aromatic carbocycles. The van der Waals surface area contributed by atoms with E-state index in [9.17, 15) is 22.4 Å². The Kier molecular flexibility index (Phi) is 6.05. The molecule has 0 aliphatic heterocycles. The smallest absolute Gasteiger partial charge is 0.309 e. The molecule has 0 atom stereocenters. The Hall–Kier alpha value is -3.14. The Morgan fingerprint density at radius 1 is 1.16 bits per heavy atom. The standard InChI is InChI=1S/C21H18ClF4N5O/c22-15-8-5-11(9-16(15)23)19(32)29-20(27-13-3-1-2-4-13)28-18-14-7-6-12(21(24,25)26)10-17(14)30-31-18/h5-10,13H,1-4H2,(H3,27,28,29,30,31,32). The van der Waals surface area contributed by atoms with Gasteiger partial charge < -0.3 is 5.32 Å². The van der Waals surface area contributed by atoms with Gasteiger partial charge in [-0.3, -0.25) is 15.2 Å². The van der Waals surface area contributed by atoms with Crippen molar-refractivity contribution >= 4 is 40.2 Å². The number of guanidine groups is 1. The number of aliphatic imine (C=N–C) groups is 1. The average molecular weight is 468 g/mol. The van der Waals surface area contributed by atoms with Crippen LogP contribution in [-0.2, 0) is 6.18 Å². The fraction of sp³-hybridized carbons (Fsp3) is 0.286. The molecule has 1 fully saturated rings. The summed E-state index contributed by atoms with van der Waals surface area (Å²) < 4.78 is 52.6. The van der Waals surface area contributed by atoms with Gasteiger partial charge in [0.25, 0.3) is 5.91 Å². The Labute approximate surface area is 185 Å². The van der Waals surface area contributed by atoms with Gasteiger partial charge in [0.2, 0.25) is 5.96 Å². The third kappa shape index (κ3) is 4.85. The summed E-state index contributed by atoms with van der Waals surface area (Å²) in [6.45, 7) is 0. The van der Waals surface area contributed by atoms with Crippen molar-refractivity contribution in [2.24, 2.45) is 4.99 Å². The maximum atomic E-state index is 13.7. The predicted octanol–water partition coefficient (Wildman–Crippen LogP) is 5.51. The van der Waals surface area contributed by atoms with E-state index in [1.807, 2.05) is 0 Å². The molecule has 0 spiro atoms. The van der Waals surface area contributed by atoms with Crippen LogP contribution in [0.5, 0.6) is 0 Å². The van der Waals surface area contributed by atoms with Gasteiger partial charge in [-0.15, -0.1) is 0 Å². The van der Waals surface area contributed by atoms with Gasteiger partial charge in [-0.25, -0.2) is 9.38 Å². The fourth-order valence-electron chi connectivity index (χ4n) is 3.53. The van der Waals surface area contributed by atoms with Crippen LogP contribution in [0.4, 0.5) is 23.4 Å². The van der Waals surface area contributed by atoms with Crippen molar-refractivity contribution < 1.29 is 22.4 Å². The molecule has 1 saturated carbocycles. The van der Waals surface area contributed by atoms with E-state index in [1.165, 1.54) is 18.2 Å². The Morgan fingerprint density at radius 2 is 1.91 bits per heavy atom. The molecule has 1 aliphatic carbocycles. The molecule has 1 heterocycles. The van der Waals surface area contributed by atoms with Crippen molar-refractivity contribution in [1.82, 2.24) is 15.5 Å². The van der Waals surface area contributed by atoms with Gasteiger partial charge in [-0.05, 0) is 49.2 Å². The first-order chi connectivity index (χ1) is 15.2. The minimum absolute atomic E-state index is 0.0261. The van der Waals surface area contributed by atoms with E-state index >= 15 is 0 Å². The van der Waals surface area contributed by atoms with E-state index < -0.39 is 23.5 Å². The summed E-state index contributed by atoms with van der Waals surface area (Å²) in [5.74, 6) is -1.08. The van der Waals surface area contributed by atoms with E-state index in [1.54, 1.807) is 0 Å². The lowest BCUT2D eigenvalue weighted by molar-refractivity contribution is -0.137. The minimum atomic E-state index is -4.48. The SMILES string of the molecule is O=C(NC(=NC1CCCC1)Nc1n[nH]c2cc(C(F)(F)F)ccc12)c1ccc(Cl)c(F)c1. The summed E-state index contributed by atoms with van der Waals surface area (Å²) >= 11 is 5.67. The number of aromatic nitrogens is 2. The Morgan fingerprint density at radius 3 is 2.59 bits per heavy atom. The molecule has 11 heteroatoms. The molecule has 1 aromatic heterocycles. The van der Waals surface area contributed by atoms with Crippen molar-refractivity contribution in [2.75, 3.05) is 5.32 Å². The molecular weight excluding hydrogens is 450 g/mol. The van der Waals surface area contributed by atoms with Crippen LogP contribution in [0.25, 0.3) is 10.9 Å². The molecule has 6 nitrogen and oxygen atoms in total. The number of carbonyl (C=O) groups is 1.